The fourth-order valence-electron chi connectivity index (χ4n) is 1.89. The summed E-state index contributed by atoms with van der Waals surface area (Å²) in [4.78, 5) is 51.2. The predicted octanol–water partition coefficient (Wildman–Crippen LogP) is -1.83. The number of hydrogen-bond acceptors (Lipinski definition) is 6. The lowest BCUT2D eigenvalue weighted by molar-refractivity contribution is -0.148. The minimum atomic E-state index is -1.97. The summed E-state index contributed by atoms with van der Waals surface area (Å²) in [7, 11) is 0. The van der Waals surface area contributed by atoms with Crippen LogP contribution in [0, 0.1) is 0 Å². The van der Waals surface area contributed by atoms with Crippen molar-refractivity contribution in [3.05, 3.63) is 18.2 Å². The molecule has 0 bridgehead atoms. The molecule has 0 fully saturated rings. The van der Waals surface area contributed by atoms with Gasteiger partial charge >= 0.3 is 17.9 Å². The summed E-state index contributed by atoms with van der Waals surface area (Å²) in [6, 6.07) is -1.72. The van der Waals surface area contributed by atoms with E-state index in [0.29, 0.717) is 5.69 Å². The second kappa shape index (κ2) is 7.35. The van der Waals surface area contributed by atoms with Crippen LogP contribution in [0.5, 0.6) is 0 Å². The number of nitrogens with one attached hydrogen (secondary N) is 2. The van der Waals surface area contributed by atoms with E-state index in [0.717, 1.165) is 0 Å². The molecule has 1 heterocycles. The highest BCUT2D eigenvalue weighted by atomic mass is 16.4. The fourth-order valence-corrected chi connectivity index (χ4v) is 1.89. The van der Waals surface area contributed by atoms with E-state index in [1.54, 1.807) is 0 Å². The van der Waals surface area contributed by atoms with Gasteiger partial charge in [0.05, 0.1) is 19.2 Å². The van der Waals surface area contributed by atoms with Gasteiger partial charge in [-0.05, 0) is 0 Å². The largest absolute Gasteiger partial charge is 0.481 e. The Hall–Kier alpha value is -2.95. The third-order valence-electron chi connectivity index (χ3n) is 2.96. The van der Waals surface area contributed by atoms with Crippen LogP contribution in [0.2, 0.25) is 0 Å². The molecule has 1 amide bonds. The summed E-state index contributed by atoms with van der Waals surface area (Å²) in [5.41, 5.74) is 4.23. The molecule has 126 valence electrons. The first-order valence-electron chi connectivity index (χ1n) is 6.37. The number of hydrogen-bond donors (Lipinski definition) is 6. The number of aromatic amines is 1. The summed E-state index contributed by atoms with van der Waals surface area (Å²) in [5.74, 6) is -5.46. The first-order valence-corrected chi connectivity index (χ1v) is 6.37. The third kappa shape index (κ3) is 5.39. The number of aliphatic carboxylic acids is 3. The molecule has 0 aliphatic rings. The second-order valence-electron chi connectivity index (χ2n) is 4.94. The maximum Gasteiger partial charge on any atom is 0.326 e. The van der Waals surface area contributed by atoms with E-state index < -0.39 is 48.2 Å². The van der Waals surface area contributed by atoms with Gasteiger partial charge in [0.25, 0.3) is 0 Å². The van der Waals surface area contributed by atoms with E-state index in [1.807, 2.05) is 5.32 Å². The Morgan fingerprint density at radius 3 is 2.35 bits per heavy atom. The fraction of sp³-hybridized carbons (Fsp3) is 0.417. The maximum atomic E-state index is 12.2. The van der Waals surface area contributed by atoms with Crippen LogP contribution < -0.4 is 11.1 Å². The molecule has 2 atom stereocenters. The van der Waals surface area contributed by atoms with Gasteiger partial charge < -0.3 is 31.4 Å². The average Bonchev–Trinajstić information content (AvgIpc) is 2.88. The highest BCUT2D eigenvalue weighted by Gasteiger charge is 2.39. The van der Waals surface area contributed by atoms with E-state index in [-0.39, 0.29) is 6.42 Å². The number of carbonyl (C=O) groups excluding carboxylic acids is 1. The van der Waals surface area contributed by atoms with Crippen molar-refractivity contribution < 1.29 is 34.5 Å². The number of imidazole rings is 1. The molecular formula is C12H16N4O7. The Kier molecular flexibility index (Phi) is 5.79. The van der Waals surface area contributed by atoms with Gasteiger partial charge in [0.15, 0.2) is 0 Å². The first-order chi connectivity index (χ1) is 10.6. The summed E-state index contributed by atoms with van der Waals surface area (Å²) < 4.78 is 0. The van der Waals surface area contributed by atoms with Crippen LogP contribution in [0.15, 0.2) is 12.5 Å². The third-order valence-corrected chi connectivity index (χ3v) is 2.96. The Morgan fingerprint density at radius 1 is 1.26 bits per heavy atom. The molecule has 11 heteroatoms. The number of carboxylic acids is 3. The molecule has 0 aromatic carbocycles. The molecule has 0 saturated carbocycles. The number of carbonyl (C=O) groups is 4. The number of carboxylic acid groups (broad SMARTS) is 3. The van der Waals surface area contributed by atoms with Gasteiger partial charge in [-0.1, -0.05) is 0 Å². The van der Waals surface area contributed by atoms with Gasteiger partial charge in [0, 0.05) is 18.3 Å². The number of aromatic nitrogens is 2. The van der Waals surface area contributed by atoms with Crippen molar-refractivity contribution in [2.45, 2.75) is 30.8 Å². The van der Waals surface area contributed by atoms with Crippen LogP contribution in [0.4, 0.5) is 0 Å². The van der Waals surface area contributed by atoms with Crippen molar-refractivity contribution >= 4 is 23.8 Å². The van der Waals surface area contributed by atoms with Crippen molar-refractivity contribution in [1.29, 1.82) is 0 Å². The van der Waals surface area contributed by atoms with E-state index in [9.17, 15) is 19.2 Å². The molecule has 0 aliphatic heterocycles. The zero-order valence-corrected chi connectivity index (χ0v) is 11.9. The number of nitrogens with zero attached hydrogens (tertiary/aromatic N) is 1. The van der Waals surface area contributed by atoms with Gasteiger partial charge in [-0.15, -0.1) is 0 Å². The Balaban J connectivity index is 2.95. The Bertz CT molecular complexity index is 601. The number of H-pyrrole nitrogens is 1. The van der Waals surface area contributed by atoms with Crippen molar-refractivity contribution in [3.8, 4) is 0 Å². The van der Waals surface area contributed by atoms with Crippen molar-refractivity contribution in [3.63, 3.8) is 0 Å². The summed E-state index contributed by atoms with van der Waals surface area (Å²) in [6.45, 7) is 0. The van der Waals surface area contributed by atoms with Gasteiger partial charge in [-0.3, -0.25) is 14.4 Å². The average molecular weight is 328 g/mol. The van der Waals surface area contributed by atoms with Crippen molar-refractivity contribution in [1.82, 2.24) is 15.3 Å². The molecule has 7 N–H and O–H groups in total. The molecule has 11 nitrogen and oxygen atoms in total. The van der Waals surface area contributed by atoms with E-state index >= 15 is 0 Å². The lowest BCUT2D eigenvalue weighted by Crippen LogP contribution is -2.60. The zero-order valence-electron chi connectivity index (χ0n) is 11.9. The molecule has 0 aliphatic carbocycles. The molecular weight excluding hydrogens is 312 g/mol. The SMILES string of the molecule is N[C@@](CC(=O)O)(Cc1cnc[nH]1)C(=O)N[C@@H](CC(=O)O)C(=O)O. The number of nitrogens with two attached hydrogens (primary N) is 1. The molecule has 1 rings (SSSR count). The van der Waals surface area contributed by atoms with Crippen LogP contribution in [-0.4, -0.2) is 60.7 Å². The van der Waals surface area contributed by atoms with Crippen molar-refractivity contribution in [2.24, 2.45) is 5.73 Å². The molecule has 0 saturated heterocycles. The van der Waals surface area contributed by atoms with Gasteiger partial charge in [-0.2, -0.15) is 0 Å². The van der Waals surface area contributed by atoms with Crippen LogP contribution in [0.1, 0.15) is 18.5 Å². The summed E-state index contributed by atoms with van der Waals surface area (Å²) >= 11 is 0. The summed E-state index contributed by atoms with van der Waals surface area (Å²) in [6.07, 6.45) is 0.748. The van der Waals surface area contributed by atoms with Gasteiger partial charge in [-0.25, -0.2) is 9.78 Å². The minimum absolute atomic E-state index is 0.245. The molecule has 0 unspecified atom stereocenters. The predicted molar refractivity (Wildman–Crippen MR) is 73.3 cm³/mol. The summed E-state index contributed by atoms with van der Waals surface area (Å²) in [5, 5.41) is 28.5. The molecule has 23 heavy (non-hydrogen) atoms. The minimum Gasteiger partial charge on any atom is -0.481 e. The van der Waals surface area contributed by atoms with Crippen LogP contribution >= 0.6 is 0 Å². The van der Waals surface area contributed by atoms with E-state index in [1.165, 1.54) is 12.5 Å². The lowest BCUT2D eigenvalue weighted by atomic mass is 9.89. The molecule has 1 aromatic rings. The zero-order chi connectivity index (χ0) is 17.6. The first kappa shape index (κ1) is 18.1. The van der Waals surface area contributed by atoms with Gasteiger partial charge in [0.1, 0.15) is 11.6 Å². The van der Waals surface area contributed by atoms with Gasteiger partial charge in [0.2, 0.25) is 5.91 Å². The highest BCUT2D eigenvalue weighted by Crippen LogP contribution is 2.15. The van der Waals surface area contributed by atoms with E-state index in [4.69, 9.17) is 21.1 Å². The topological polar surface area (TPSA) is 196 Å². The van der Waals surface area contributed by atoms with Crippen molar-refractivity contribution in [2.75, 3.05) is 0 Å². The van der Waals surface area contributed by atoms with E-state index in [2.05, 4.69) is 9.97 Å². The normalized spacial score (nSPS) is 14.5. The number of rotatable bonds is 9. The standard InChI is InChI=1S/C12H16N4O7/c13-12(3-9(19)20,2-6-4-14-5-15-6)11(23)16-7(10(21)22)1-8(17)18/h4-5,7H,1-3,13H2,(H,14,15)(H,16,23)(H,17,18)(H,19,20)(H,21,22)/t7-,12+/m0/s1. The Labute approximate surface area is 129 Å². The Morgan fingerprint density at radius 2 is 1.91 bits per heavy atom. The monoisotopic (exact) mass is 328 g/mol. The van der Waals surface area contributed by atoms with Crippen LogP contribution in [0.3, 0.4) is 0 Å². The lowest BCUT2D eigenvalue weighted by Gasteiger charge is -2.27. The maximum absolute atomic E-state index is 12.2. The highest BCUT2D eigenvalue weighted by molar-refractivity contribution is 5.94. The molecule has 0 radical (unpaired) electrons. The quantitative estimate of drug-likeness (QED) is 0.302. The molecule has 0 spiro atoms. The van der Waals surface area contributed by atoms with Crippen LogP contribution in [-0.2, 0) is 25.6 Å². The van der Waals surface area contributed by atoms with Crippen LogP contribution in [0.25, 0.3) is 0 Å². The second-order valence-corrected chi connectivity index (χ2v) is 4.94. The smallest absolute Gasteiger partial charge is 0.326 e. The number of amides is 1. The molecule has 1 aromatic heterocycles.